The van der Waals surface area contributed by atoms with Crippen LogP contribution in [0.3, 0.4) is 0 Å². The maximum atomic E-state index is 13.4. The summed E-state index contributed by atoms with van der Waals surface area (Å²) in [4.78, 5) is 37.1. The number of carbonyl (C=O) groups excluding carboxylic acids is 3. The predicted molar refractivity (Wildman–Crippen MR) is 97.2 cm³/mol. The lowest BCUT2D eigenvalue weighted by Gasteiger charge is -2.56. The van der Waals surface area contributed by atoms with Crippen LogP contribution in [0.2, 0.25) is 0 Å². The highest BCUT2D eigenvalue weighted by Gasteiger charge is 2.60. The van der Waals surface area contributed by atoms with Gasteiger partial charge in [0, 0.05) is 24.8 Å². The Morgan fingerprint density at radius 2 is 1.92 bits per heavy atom. The van der Waals surface area contributed by atoms with Crippen molar-refractivity contribution in [3.63, 3.8) is 0 Å². The van der Waals surface area contributed by atoms with Gasteiger partial charge in [-0.25, -0.2) is 4.79 Å². The van der Waals surface area contributed by atoms with Crippen molar-refractivity contribution in [3.05, 3.63) is 23.3 Å². The minimum absolute atomic E-state index is 0.0335. The van der Waals surface area contributed by atoms with Gasteiger partial charge in [0.05, 0.1) is 7.11 Å². The average Bonchev–Trinajstić information content (AvgIpc) is 2.91. The summed E-state index contributed by atoms with van der Waals surface area (Å²) in [5.74, 6) is 1.06. The molecule has 0 aromatic carbocycles. The molecular weight excluding hydrogens is 328 g/mol. The number of methoxy groups -OCH3 is 1. The highest BCUT2D eigenvalue weighted by molar-refractivity contribution is 5.93. The molecule has 0 aromatic heterocycles. The van der Waals surface area contributed by atoms with Gasteiger partial charge >= 0.3 is 5.97 Å². The molecule has 4 aliphatic rings. The topological polar surface area (TPSA) is 60.4 Å². The van der Waals surface area contributed by atoms with Crippen LogP contribution in [0.5, 0.6) is 0 Å². The van der Waals surface area contributed by atoms with E-state index >= 15 is 0 Å². The third-order valence-corrected chi connectivity index (χ3v) is 8.00. The number of fused-ring (bicyclic) bond motifs is 5. The van der Waals surface area contributed by atoms with Crippen LogP contribution in [-0.4, -0.2) is 24.6 Å². The summed E-state index contributed by atoms with van der Waals surface area (Å²) in [7, 11) is 1.40. The van der Waals surface area contributed by atoms with Crippen LogP contribution in [0.1, 0.15) is 58.8 Å². The van der Waals surface area contributed by atoms with E-state index in [0.717, 1.165) is 37.7 Å². The fourth-order valence-corrected chi connectivity index (χ4v) is 6.67. The van der Waals surface area contributed by atoms with Crippen molar-refractivity contribution in [2.45, 2.75) is 58.8 Å². The number of esters is 1. The number of ether oxygens (including phenoxy) is 1. The molecule has 0 radical (unpaired) electrons. The molecule has 140 valence electrons. The first kappa shape index (κ1) is 17.7. The Hall–Kier alpha value is -1.71. The van der Waals surface area contributed by atoms with Crippen LogP contribution in [0.4, 0.5) is 0 Å². The lowest BCUT2D eigenvalue weighted by Crippen LogP contribution is -2.54. The average molecular weight is 356 g/mol. The van der Waals surface area contributed by atoms with Crippen LogP contribution in [0, 0.1) is 28.6 Å². The molecule has 26 heavy (non-hydrogen) atoms. The molecule has 0 bridgehead atoms. The monoisotopic (exact) mass is 356 g/mol. The number of hydrogen-bond acceptors (Lipinski definition) is 4. The van der Waals surface area contributed by atoms with Crippen molar-refractivity contribution in [1.29, 1.82) is 0 Å². The van der Waals surface area contributed by atoms with Crippen LogP contribution >= 0.6 is 0 Å². The second-order valence-electron chi connectivity index (χ2n) is 9.13. The molecule has 0 N–H and O–H groups in total. The first-order valence-electron chi connectivity index (χ1n) is 9.85. The van der Waals surface area contributed by atoms with Gasteiger partial charge in [0.15, 0.2) is 5.78 Å². The third-order valence-electron chi connectivity index (χ3n) is 8.00. The SMILES string of the molecule is COC(=O)/C=C1/CC[C@@H]2[C@H]3CCC4=CC(=O)CC[C@@]4(C)[C@@H]3C(=O)C[C@@]12C. The molecular formula is C22H28O4. The van der Waals surface area contributed by atoms with Crippen LogP contribution in [-0.2, 0) is 19.1 Å². The zero-order valence-electron chi connectivity index (χ0n) is 16.0. The van der Waals surface area contributed by atoms with Crippen LogP contribution in [0.25, 0.3) is 0 Å². The molecule has 4 heteroatoms. The summed E-state index contributed by atoms with van der Waals surface area (Å²) in [5.41, 5.74) is 1.93. The normalized spacial score (nSPS) is 43.4. The quantitative estimate of drug-likeness (QED) is 0.530. The summed E-state index contributed by atoms with van der Waals surface area (Å²) < 4.78 is 4.83. The van der Waals surface area contributed by atoms with Gasteiger partial charge in [-0.2, -0.15) is 0 Å². The number of carbonyl (C=O) groups is 3. The van der Waals surface area contributed by atoms with Crippen molar-refractivity contribution in [1.82, 2.24) is 0 Å². The van der Waals surface area contributed by atoms with Gasteiger partial charge in [-0.1, -0.05) is 25.0 Å². The number of ketones is 2. The smallest absolute Gasteiger partial charge is 0.330 e. The predicted octanol–water partition coefficient (Wildman–Crippen LogP) is 3.80. The van der Waals surface area contributed by atoms with Gasteiger partial charge in [-0.15, -0.1) is 0 Å². The zero-order chi connectivity index (χ0) is 18.7. The summed E-state index contributed by atoms with van der Waals surface area (Å²) in [6.45, 7) is 4.38. The van der Waals surface area contributed by atoms with E-state index in [4.69, 9.17) is 4.74 Å². The molecule has 0 heterocycles. The Labute approximate surface area is 155 Å². The fourth-order valence-electron chi connectivity index (χ4n) is 6.67. The first-order valence-corrected chi connectivity index (χ1v) is 9.85. The molecule has 4 nitrogen and oxygen atoms in total. The highest BCUT2D eigenvalue weighted by atomic mass is 16.5. The molecule has 3 saturated carbocycles. The van der Waals surface area contributed by atoms with Gasteiger partial charge in [-0.3, -0.25) is 9.59 Å². The maximum Gasteiger partial charge on any atom is 0.330 e. The van der Waals surface area contributed by atoms with Gasteiger partial charge < -0.3 is 4.74 Å². The van der Waals surface area contributed by atoms with Gasteiger partial charge in [0.2, 0.25) is 0 Å². The Balaban J connectivity index is 1.71. The highest BCUT2D eigenvalue weighted by Crippen LogP contribution is 2.65. The van der Waals surface area contributed by atoms with E-state index in [1.807, 2.05) is 6.08 Å². The van der Waals surface area contributed by atoms with Crippen molar-refractivity contribution in [2.24, 2.45) is 28.6 Å². The maximum absolute atomic E-state index is 13.4. The molecule has 5 atom stereocenters. The summed E-state index contributed by atoms with van der Waals surface area (Å²) in [5, 5.41) is 0. The van der Waals surface area contributed by atoms with Gasteiger partial charge in [0.25, 0.3) is 0 Å². The van der Waals surface area contributed by atoms with E-state index in [-0.39, 0.29) is 28.5 Å². The molecule has 0 unspecified atom stereocenters. The largest absolute Gasteiger partial charge is 0.466 e. The van der Waals surface area contributed by atoms with Crippen molar-refractivity contribution < 1.29 is 19.1 Å². The van der Waals surface area contributed by atoms with Crippen molar-refractivity contribution in [2.75, 3.05) is 7.11 Å². The van der Waals surface area contributed by atoms with E-state index in [1.54, 1.807) is 6.08 Å². The lowest BCUT2D eigenvalue weighted by atomic mass is 9.47. The minimum atomic E-state index is -0.317. The fraction of sp³-hybridized carbons (Fsp3) is 0.682. The molecule has 4 aliphatic carbocycles. The Morgan fingerprint density at radius 3 is 2.65 bits per heavy atom. The van der Waals surface area contributed by atoms with E-state index in [9.17, 15) is 14.4 Å². The van der Waals surface area contributed by atoms with E-state index in [2.05, 4.69) is 13.8 Å². The molecule has 0 amide bonds. The zero-order valence-corrected chi connectivity index (χ0v) is 16.0. The number of rotatable bonds is 1. The molecule has 0 spiro atoms. The molecule has 4 rings (SSSR count). The number of hydrogen-bond donors (Lipinski definition) is 0. The van der Waals surface area contributed by atoms with Gasteiger partial charge in [-0.05, 0) is 60.8 Å². The van der Waals surface area contributed by atoms with Crippen LogP contribution < -0.4 is 0 Å². The molecule has 0 saturated heterocycles. The summed E-state index contributed by atoms with van der Waals surface area (Å²) in [6, 6.07) is 0. The first-order chi connectivity index (χ1) is 12.3. The second kappa shape index (κ2) is 5.90. The second-order valence-corrected chi connectivity index (χ2v) is 9.13. The summed E-state index contributed by atoms with van der Waals surface area (Å²) in [6.07, 6.45) is 9.17. The van der Waals surface area contributed by atoms with Crippen molar-refractivity contribution >= 4 is 17.5 Å². The van der Waals surface area contributed by atoms with Gasteiger partial charge in [0.1, 0.15) is 5.78 Å². The molecule has 0 aliphatic heterocycles. The minimum Gasteiger partial charge on any atom is -0.466 e. The van der Waals surface area contributed by atoms with E-state index < -0.39 is 0 Å². The Morgan fingerprint density at radius 1 is 1.15 bits per heavy atom. The summed E-state index contributed by atoms with van der Waals surface area (Å²) >= 11 is 0. The lowest BCUT2D eigenvalue weighted by molar-refractivity contribution is -0.143. The Bertz CT molecular complexity index is 745. The number of Topliss-reactive ketones (excluding diaryl/α,β-unsaturated/α-hetero) is 1. The number of allylic oxidation sites excluding steroid dienone is 2. The van der Waals surface area contributed by atoms with E-state index in [0.29, 0.717) is 30.5 Å². The standard InChI is InChI=1S/C22H28O4/c1-21-9-8-15(23)10-13(21)4-6-16-17-7-5-14(11-19(25)26-3)22(17,2)12-18(24)20(16)21/h10-11,16-17,20H,4-9,12H2,1-3H3/b14-11-/t16-,17-,20+,21-,22+/m1/s1. The molecule has 0 aromatic rings. The Kier molecular flexibility index (Phi) is 4.01. The molecule has 3 fully saturated rings. The van der Waals surface area contributed by atoms with Crippen LogP contribution in [0.15, 0.2) is 23.3 Å². The van der Waals surface area contributed by atoms with E-state index in [1.165, 1.54) is 12.7 Å². The van der Waals surface area contributed by atoms with Crippen molar-refractivity contribution in [3.8, 4) is 0 Å². The third kappa shape index (κ3) is 2.37.